The molecule has 0 saturated heterocycles. The number of benzene rings is 2. The smallest absolute Gasteiger partial charge is 0.225 e. The summed E-state index contributed by atoms with van der Waals surface area (Å²) in [6.45, 7) is 0.619. The van der Waals surface area contributed by atoms with E-state index in [0.29, 0.717) is 30.2 Å². The first-order valence-corrected chi connectivity index (χ1v) is 8.19. The van der Waals surface area contributed by atoms with E-state index < -0.39 is 0 Å². The molecule has 1 N–H and O–H groups in total. The van der Waals surface area contributed by atoms with Crippen LogP contribution in [0.4, 0.5) is 5.82 Å². The Kier molecular flexibility index (Phi) is 5.29. The lowest BCUT2D eigenvalue weighted by atomic mass is 10.1. The van der Waals surface area contributed by atoms with Gasteiger partial charge in [0.05, 0.1) is 12.7 Å². The lowest BCUT2D eigenvalue weighted by Crippen LogP contribution is -2.16. The summed E-state index contributed by atoms with van der Waals surface area (Å²) in [6, 6.07) is 19.4. The largest absolute Gasteiger partial charge is 0.311 e. The highest BCUT2D eigenvalue weighted by Gasteiger charge is 2.09. The molecule has 3 aromatic rings. The van der Waals surface area contributed by atoms with Gasteiger partial charge in [0.25, 0.3) is 0 Å². The molecule has 0 fully saturated rings. The number of anilines is 1. The molecule has 3 rings (SSSR count). The Morgan fingerprint density at radius 1 is 1.04 bits per heavy atom. The van der Waals surface area contributed by atoms with Gasteiger partial charge in [-0.2, -0.15) is 5.10 Å². The minimum Gasteiger partial charge on any atom is -0.311 e. The van der Waals surface area contributed by atoms with Gasteiger partial charge < -0.3 is 5.32 Å². The lowest BCUT2D eigenvalue weighted by Gasteiger charge is -2.09. The molecule has 0 aliphatic heterocycles. The zero-order valence-electron chi connectivity index (χ0n) is 13.2. The number of hydrogen-bond acceptors (Lipinski definition) is 2. The van der Waals surface area contributed by atoms with Crippen molar-refractivity contribution >= 4 is 23.3 Å². The number of carbonyl (C=O) groups excluding carboxylic acids is 1. The summed E-state index contributed by atoms with van der Waals surface area (Å²) >= 11 is 6.12. The molecule has 5 heteroatoms. The third-order valence-corrected chi connectivity index (χ3v) is 4.11. The molecule has 24 heavy (non-hydrogen) atoms. The molecular formula is C19H18ClN3O. The monoisotopic (exact) mass is 339 g/mol. The van der Waals surface area contributed by atoms with Gasteiger partial charge in [0, 0.05) is 17.5 Å². The molecule has 122 valence electrons. The molecule has 4 nitrogen and oxygen atoms in total. The molecule has 0 radical (unpaired) electrons. The average Bonchev–Trinajstić information content (AvgIpc) is 3.02. The summed E-state index contributed by atoms with van der Waals surface area (Å²) in [5, 5.41) is 7.89. The number of halogens is 1. The summed E-state index contributed by atoms with van der Waals surface area (Å²) in [6.07, 6.45) is 2.67. The Bertz CT molecular complexity index is 814. The molecule has 0 unspecified atom stereocenters. The van der Waals surface area contributed by atoms with Crippen LogP contribution in [0, 0.1) is 0 Å². The van der Waals surface area contributed by atoms with Gasteiger partial charge >= 0.3 is 0 Å². The van der Waals surface area contributed by atoms with Gasteiger partial charge in [0.1, 0.15) is 5.82 Å². The van der Waals surface area contributed by atoms with E-state index in [0.717, 1.165) is 11.1 Å². The van der Waals surface area contributed by atoms with Crippen molar-refractivity contribution in [2.45, 2.75) is 19.4 Å². The minimum absolute atomic E-state index is 0.0512. The van der Waals surface area contributed by atoms with Gasteiger partial charge in [-0.3, -0.25) is 4.79 Å². The molecule has 0 aliphatic rings. The first kappa shape index (κ1) is 16.3. The SMILES string of the molecule is O=C(CCc1ccccc1Cl)Nc1ccnn1Cc1ccccc1. The highest BCUT2D eigenvalue weighted by atomic mass is 35.5. The Labute approximate surface area is 146 Å². The van der Waals surface area contributed by atoms with Crippen molar-refractivity contribution in [3.05, 3.63) is 83.0 Å². The second-order valence-corrected chi connectivity index (χ2v) is 5.91. The molecule has 1 heterocycles. The lowest BCUT2D eigenvalue weighted by molar-refractivity contribution is -0.116. The predicted molar refractivity (Wildman–Crippen MR) is 96.2 cm³/mol. The number of nitrogens with one attached hydrogen (secondary N) is 1. The number of nitrogens with zero attached hydrogens (tertiary/aromatic N) is 2. The Balaban J connectivity index is 1.59. The standard InChI is InChI=1S/C19H18ClN3O/c20-17-9-5-4-8-16(17)10-11-19(24)22-18-12-13-21-23(18)14-15-6-2-1-3-7-15/h1-9,12-13H,10-11,14H2,(H,22,24). The Morgan fingerprint density at radius 3 is 2.58 bits per heavy atom. The van der Waals surface area contributed by atoms with Crippen LogP contribution >= 0.6 is 11.6 Å². The molecule has 0 bridgehead atoms. The minimum atomic E-state index is -0.0512. The maximum atomic E-state index is 12.2. The van der Waals surface area contributed by atoms with Crippen molar-refractivity contribution in [1.82, 2.24) is 9.78 Å². The third-order valence-electron chi connectivity index (χ3n) is 3.74. The molecule has 0 saturated carbocycles. The molecule has 0 atom stereocenters. The van der Waals surface area contributed by atoms with E-state index in [-0.39, 0.29) is 5.91 Å². The highest BCUT2D eigenvalue weighted by Crippen LogP contribution is 2.17. The second kappa shape index (κ2) is 7.79. The molecule has 0 aliphatic carbocycles. The maximum absolute atomic E-state index is 12.2. The van der Waals surface area contributed by atoms with E-state index >= 15 is 0 Å². The van der Waals surface area contributed by atoms with Crippen molar-refractivity contribution in [2.75, 3.05) is 5.32 Å². The fraction of sp³-hybridized carbons (Fsp3) is 0.158. The number of carbonyl (C=O) groups is 1. The van der Waals surface area contributed by atoms with Gasteiger partial charge in [-0.15, -0.1) is 0 Å². The van der Waals surface area contributed by atoms with Crippen molar-refractivity contribution < 1.29 is 4.79 Å². The first-order valence-electron chi connectivity index (χ1n) is 7.81. The van der Waals surface area contributed by atoms with Gasteiger partial charge in [-0.1, -0.05) is 60.1 Å². The fourth-order valence-corrected chi connectivity index (χ4v) is 2.71. The molecule has 0 spiro atoms. The van der Waals surface area contributed by atoms with Crippen molar-refractivity contribution in [2.24, 2.45) is 0 Å². The third kappa shape index (κ3) is 4.24. The predicted octanol–water partition coefficient (Wildman–Crippen LogP) is 4.16. The average molecular weight is 340 g/mol. The number of aryl methyl sites for hydroxylation is 1. The van der Waals surface area contributed by atoms with Crippen LogP contribution in [0.1, 0.15) is 17.5 Å². The quantitative estimate of drug-likeness (QED) is 0.733. The molecule has 1 amide bonds. The highest BCUT2D eigenvalue weighted by molar-refractivity contribution is 6.31. The maximum Gasteiger partial charge on any atom is 0.225 e. The zero-order chi connectivity index (χ0) is 16.8. The van der Waals surface area contributed by atoms with Crippen LogP contribution < -0.4 is 5.32 Å². The van der Waals surface area contributed by atoms with E-state index in [9.17, 15) is 4.79 Å². The zero-order valence-corrected chi connectivity index (χ0v) is 13.9. The summed E-state index contributed by atoms with van der Waals surface area (Å²) < 4.78 is 1.78. The number of hydrogen-bond donors (Lipinski definition) is 1. The summed E-state index contributed by atoms with van der Waals surface area (Å²) in [5.41, 5.74) is 2.11. The van der Waals surface area contributed by atoms with E-state index in [4.69, 9.17) is 11.6 Å². The van der Waals surface area contributed by atoms with Crippen LogP contribution in [0.15, 0.2) is 66.9 Å². The van der Waals surface area contributed by atoms with Crippen molar-refractivity contribution in [3.8, 4) is 0 Å². The van der Waals surface area contributed by atoms with Crippen LogP contribution in [-0.2, 0) is 17.8 Å². The summed E-state index contributed by atoms with van der Waals surface area (Å²) in [7, 11) is 0. The van der Waals surface area contributed by atoms with E-state index in [1.54, 1.807) is 16.9 Å². The number of rotatable bonds is 6. The summed E-state index contributed by atoms with van der Waals surface area (Å²) in [5.74, 6) is 0.646. The van der Waals surface area contributed by atoms with Crippen molar-refractivity contribution in [3.63, 3.8) is 0 Å². The number of amides is 1. The van der Waals surface area contributed by atoms with E-state index in [1.807, 2.05) is 54.6 Å². The number of aromatic nitrogens is 2. The van der Waals surface area contributed by atoms with E-state index in [1.165, 1.54) is 0 Å². The van der Waals surface area contributed by atoms with Crippen LogP contribution in [0.25, 0.3) is 0 Å². The Morgan fingerprint density at radius 2 is 1.79 bits per heavy atom. The van der Waals surface area contributed by atoms with Crippen LogP contribution in [0.5, 0.6) is 0 Å². The fourth-order valence-electron chi connectivity index (χ4n) is 2.48. The molecular weight excluding hydrogens is 322 g/mol. The van der Waals surface area contributed by atoms with Gasteiger partial charge in [-0.05, 0) is 23.6 Å². The first-order chi connectivity index (χ1) is 11.7. The summed E-state index contributed by atoms with van der Waals surface area (Å²) in [4.78, 5) is 12.2. The Hall–Kier alpha value is -2.59. The van der Waals surface area contributed by atoms with Crippen molar-refractivity contribution in [1.29, 1.82) is 0 Å². The normalized spacial score (nSPS) is 10.5. The second-order valence-electron chi connectivity index (χ2n) is 5.50. The van der Waals surface area contributed by atoms with E-state index in [2.05, 4.69) is 10.4 Å². The molecule has 2 aromatic carbocycles. The van der Waals surface area contributed by atoms with Gasteiger partial charge in [-0.25, -0.2) is 4.68 Å². The van der Waals surface area contributed by atoms with Crippen LogP contribution in [0.3, 0.4) is 0 Å². The molecule has 1 aromatic heterocycles. The van der Waals surface area contributed by atoms with Crippen LogP contribution in [0.2, 0.25) is 5.02 Å². The van der Waals surface area contributed by atoms with Gasteiger partial charge in [0.15, 0.2) is 0 Å². The topological polar surface area (TPSA) is 46.9 Å². The van der Waals surface area contributed by atoms with Gasteiger partial charge in [0.2, 0.25) is 5.91 Å². The van der Waals surface area contributed by atoms with Crippen LogP contribution in [-0.4, -0.2) is 15.7 Å².